The van der Waals surface area contributed by atoms with Crippen LogP contribution in [0.4, 0.5) is 0 Å². The first-order valence-electron chi connectivity index (χ1n) is 25.1. The topological polar surface area (TPSA) is 25.8 Å². The van der Waals surface area contributed by atoms with Crippen LogP contribution in [-0.2, 0) is 10.8 Å². The SMILES string of the molecule is CC1(C)c2ccc(-c3cccc(-c4ccc(-c5cc(-c6cccc7c6-c6ccccc6C7(c6ccccc6)c6ccccc6)nc(-c6ccccc6)n5)c5ccccc45)c3)cc2-c2c1ccc1ccccc21. The predicted molar refractivity (Wildman–Crippen MR) is 299 cm³/mol. The van der Waals surface area contributed by atoms with Crippen molar-refractivity contribution >= 4 is 21.5 Å². The molecular weight excluding hydrogens is 869 g/mol. The van der Waals surface area contributed by atoms with Crippen molar-refractivity contribution in [2.75, 3.05) is 0 Å². The van der Waals surface area contributed by atoms with Crippen molar-refractivity contribution in [2.24, 2.45) is 0 Å². The van der Waals surface area contributed by atoms with Crippen molar-refractivity contribution in [3.8, 4) is 78.4 Å². The number of rotatable bonds is 7. The third-order valence-electron chi connectivity index (χ3n) is 15.8. The van der Waals surface area contributed by atoms with Crippen molar-refractivity contribution < 1.29 is 0 Å². The first-order valence-corrected chi connectivity index (χ1v) is 25.1. The quantitative estimate of drug-likeness (QED) is 0.159. The third-order valence-corrected chi connectivity index (χ3v) is 15.8. The van der Waals surface area contributed by atoms with Crippen LogP contribution in [0.3, 0.4) is 0 Å². The van der Waals surface area contributed by atoms with E-state index in [1.165, 1.54) is 94.0 Å². The smallest absolute Gasteiger partial charge is 0.160 e. The second-order valence-corrected chi connectivity index (χ2v) is 20.0. The highest BCUT2D eigenvalue weighted by atomic mass is 14.9. The first kappa shape index (κ1) is 41.9. The molecule has 338 valence electrons. The first-order chi connectivity index (χ1) is 35.5. The molecule has 0 unspecified atom stereocenters. The van der Waals surface area contributed by atoms with Gasteiger partial charge in [0.05, 0.1) is 16.8 Å². The van der Waals surface area contributed by atoms with Gasteiger partial charge in [-0.15, -0.1) is 0 Å². The monoisotopic (exact) mass is 916 g/mol. The van der Waals surface area contributed by atoms with Gasteiger partial charge in [0.15, 0.2) is 5.82 Å². The van der Waals surface area contributed by atoms with Crippen LogP contribution in [0.15, 0.2) is 255 Å². The number of aromatic nitrogens is 2. The molecule has 0 atom stereocenters. The zero-order valence-electron chi connectivity index (χ0n) is 40.1. The van der Waals surface area contributed by atoms with Gasteiger partial charge in [0, 0.05) is 22.1 Å². The summed E-state index contributed by atoms with van der Waals surface area (Å²) in [5, 5.41) is 4.91. The van der Waals surface area contributed by atoms with E-state index in [2.05, 4.69) is 269 Å². The van der Waals surface area contributed by atoms with Gasteiger partial charge in [-0.3, -0.25) is 0 Å². The molecule has 1 heterocycles. The molecule has 0 aliphatic heterocycles. The molecule has 0 saturated carbocycles. The molecule has 14 rings (SSSR count). The lowest BCUT2D eigenvalue weighted by molar-refractivity contribution is 0.661. The lowest BCUT2D eigenvalue weighted by atomic mass is 9.67. The molecule has 2 nitrogen and oxygen atoms in total. The number of nitrogens with zero attached hydrogens (tertiary/aromatic N) is 2. The van der Waals surface area contributed by atoms with E-state index in [4.69, 9.17) is 9.97 Å². The second kappa shape index (κ2) is 16.3. The predicted octanol–water partition coefficient (Wildman–Crippen LogP) is 17.8. The number of benzene rings is 11. The summed E-state index contributed by atoms with van der Waals surface area (Å²) in [6.07, 6.45) is 0. The summed E-state index contributed by atoms with van der Waals surface area (Å²) in [4.78, 5) is 10.9. The van der Waals surface area contributed by atoms with Gasteiger partial charge in [-0.2, -0.15) is 0 Å². The summed E-state index contributed by atoms with van der Waals surface area (Å²) < 4.78 is 0. The van der Waals surface area contributed by atoms with Crippen molar-refractivity contribution in [1.82, 2.24) is 9.97 Å². The normalized spacial score (nSPS) is 13.6. The van der Waals surface area contributed by atoms with Crippen molar-refractivity contribution in [2.45, 2.75) is 24.7 Å². The fraction of sp³-hybridized carbons (Fsp3) is 0.0571. The van der Waals surface area contributed by atoms with Crippen LogP contribution in [0.2, 0.25) is 0 Å². The highest BCUT2D eigenvalue weighted by Gasteiger charge is 2.47. The molecule has 1 aromatic heterocycles. The second-order valence-electron chi connectivity index (χ2n) is 20.0. The zero-order valence-corrected chi connectivity index (χ0v) is 40.1. The average Bonchev–Trinajstić information content (AvgIpc) is 3.89. The van der Waals surface area contributed by atoms with E-state index in [0.717, 1.165) is 33.5 Å². The summed E-state index contributed by atoms with van der Waals surface area (Å²) in [5.74, 6) is 0.693. The Kier molecular flexibility index (Phi) is 9.50. The molecule has 0 bridgehead atoms. The van der Waals surface area contributed by atoms with Crippen molar-refractivity contribution in [3.05, 3.63) is 288 Å². The summed E-state index contributed by atoms with van der Waals surface area (Å²) in [6, 6.07) is 93.3. The highest BCUT2D eigenvalue weighted by Crippen LogP contribution is 2.58. The van der Waals surface area contributed by atoms with Crippen LogP contribution in [0.25, 0.3) is 100.0 Å². The molecule has 0 amide bonds. The molecule has 0 N–H and O–H groups in total. The summed E-state index contributed by atoms with van der Waals surface area (Å²) in [6.45, 7) is 4.72. The molecule has 2 aliphatic rings. The van der Waals surface area contributed by atoms with Gasteiger partial charge in [-0.05, 0) is 118 Å². The Balaban J connectivity index is 0.922. The minimum Gasteiger partial charge on any atom is -0.228 e. The van der Waals surface area contributed by atoms with Crippen LogP contribution < -0.4 is 0 Å². The van der Waals surface area contributed by atoms with E-state index in [1.807, 2.05) is 0 Å². The largest absolute Gasteiger partial charge is 0.228 e. The molecule has 0 radical (unpaired) electrons. The fourth-order valence-corrected chi connectivity index (χ4v) is 12.5. The van der Waals surface area contributed by atoms with Gasteiger partial charge < -0.3 is 0 Å². The van der Waals surface area contributed by atoms with Gasteiger partial charge in [0.2, 0.25) is 0 Å². The Morgan fingerprint density at radius 1 is 0.292 bits per heavy atom. The molecule has 72 heavy (non-hydrogen) atoms. The van der Waals surface area contributed by atoms with Gasteiger partial charge in [-0.1, -0.05) is 250 Å². The summed E-state index contributed by atoms with van der Waals surface area (Å²) >= 11 is 0. The molecule has 2 aliphatic carbocycles. The maximum atomic E-state index is 5.47. The molecule has 2 heteroatoms. The lowest BCUT2D eigenvalue weighted by Gasteiger charge is -2.33. The van der Waals surface area contributed by atoms with E-state index in [1.54, 1.807) is 0 Å². The Hall–Kier alpha value is -8.98. The zero-order chi connectivity index (χ0) is 48.0. The average molecular weight is 917 g/mol. The Bertz CT molecular complexity index is 4070. The minimum absolute atomic E-state index is 0.0782. The Morgan fingerprint density at radius 3 is 1.60 bits per heavy atom. The van der Waals surface area contributed by atoms with Crippen LogP contribution in [0, 0.1) is 0 Å². The van der Waals surface area contributed by atoms with E-state index < -0.39 is 5.41 Å². The van der Waals surface area contributed by atoms with Gasteiger partial charge in [0.1, 0.15) is 0 Å². The fourth-order valence-electron chi connectivity index (χ4n) is 12.5. The lowest BCUT2D eigenvalue weighted by Crippen LogP contribution is -2.28. The standard InChI is InChI=1S/C70H48N2/c1-69(2)60-40-37-48(43-59(60)66-53-29-13-12-20-45(53)36-41-62(66)69)47-23-18-24-49(42-47)52-38-39-56(55-31-15-14-30-54(52)55)64-44-65(72-68(71-64)46-21-6-3-7-22-46)58-33-19-35-63-67(58)57-32-16-17-34-61(57)70(63,50-25-8-4-9-26-50)51-27-10-5-11-28-51/h3-44H,1-2H3. The van der Waals surface area contributed by atoms with E-state index in [-0.39, 0.29) is 5.41 Å². The van der Waals surface area contributed by atoms with Crippen LogP contribution in [0.5, 0.6) is 0 Å². The summed E-state index contributed by atoms with van der Waals surface area (Å²) in [7, 11) is 0. The van der Waals surface area contributed by atoms with Crippen molar-refractivity contribution in [1.29, 1.82) is 0 Å². The maximum absolute atomic E-state index is 5.47. The van der Waals surface area contributed by atoms with Crippen molar-refractivity contribution in [3.63, 3.8) is 0 Å². The Morgan fingerprint density at radius 2 is 0.833 bits per heavy atom. The van der Waals surface area contributed by atoms with Crippen LogP contribution >= 0.6 is 0 Å². The van der Waals surface area contributed by atoms with Gasteiger partial charge in [0.25, 0.3) is 0 Å². The van der Waals surface area contributed by atoms with E-state index >= 15 is 0 Å². The van der Waals surface area contributed by atoms with Gasteiger partial charge >= 0.3 is 0 Å². The Labute approximate surface area is 420 Å². The van der Waals surface area contributed by atoms with E-state index in [0.29, 0.717) is 5.82 Å². The molecule has 0 spiro atoms. The molecule has 12 aromatic rings. The van der Waals surface area contributed by atoms with Crippen LogP contribution in [0.1, 0.15) is 47.2 Å². The van der Waals surface area contributed by atoms with Crippen LogP contribution in [-0.4, -0.2) is 9.97 Å². The summed E-state index contributed by atoms with van der Waals surface area (Å²) in [5.41, 5.74) is 21.9. The third kappa shape index (κ3) is 6.28. The highest BCUT2D eigenvalue weighted by molar-refractivity contribution is 6.06. The molecule has 0 saturated heterocycles. The van der Waals surface area contributed by atoms with E-state index in [9.17, 15) is 0 Å². The number of fused-ring (bicyclic) bond motifs is 9. The van der Waals surface area contributed by atoms with Gasteiger partial charge in [-0.25, -0.2) is 9.97 Å². The molecular formula is C70H48N2. The molecule has 0 fully saturated rings. The molecule has 11 aromatic carbocycles. The maximum Gasteiger partial charge on any atom is 0.160 e. The minimum atomic E-state index is -0.524. The number of hydrogen-bond donors (Lipinski definition) is 0. The number of hydrogen-bond acceptors (Lipinski definition) is 2.